The molecule has 0 spiro atoms. The van der Waals surface area contributed by atoms with Gasteiger partial charge in [0.15, 0.2) is 0 Å². The van der Waals surface area contributed by atoms with Crippen molar-refractivity contribution in [1.82, 2.24) is 4.90 Å². The highest BCUT2D eigenvalue weighted by molar-refractivity contribution is 4.85. The highest BCUT2D eigenvalue weighted by atomic mass is 16.5. The predicted molar refractivity (Wildman–Crippen MR) is 52.6 cm³/mol. The minimum Gasteiger partial charge on any atom is -0.372 e. The van der Waals surface area contributed by atoms with E-state index in [1.54, 1.807) is 0 Å². The third kappa shape index (κ3) is 2.22. The molecule has 0 aliphatic carbocycles. The van der Waals surface area contributed by atoms with Crippen molar-refractivity contribution < 1.29 is 4.74 Å². The first kappa shape index (κ1) is 9.44. The van der Waals surface area contributed by atoms with E-state index in [1.165, 1.54) is 12.8 Å². The van der Waals surface area contributed by atoms with Crippen molar-refractivity contribution in [3.05, 3.63) is 0 Å². The van der Waals surface area contributed by atoms with Crippen molar-refractivity contribution in [3.8, 4) is 0 Å². The topological polar surface area (TPSA) is 38.5 Å². The molecule has 0 amide bonds. The second kappa shape index (κ2) is 3.95. The summed E-state index contributed by atoms with van der Waals surface area (Å²) in [5, 5.41) is 0. The SMILES string of the molecule is CCC(N)CN1CC2CCC(C1)O2. The van der Waals surface area contributed by atoms with Crippen LogP contribution in [0.15, 0.2) is 0 Å². The summed E-state index contributed by atoms with van der Waals surface area (Å²) in [6.07, 6.45) is 4.59. The maximum absolute atomic E-state index is 5.93. The van der Waals surface area contributed by atoms with Crippen LogP contribution in [0.25, 0.3) is 0 Å². The lowest BCUT2D eigenvalue weighted by Gasteiger charge is -2.33. The fourth-order valence-electron chi connectivity index (χ4n) is 2.31. The van der Waals surface area contributed by atoms with Gasteiger partial charge in [-0.25, -0.2) is 0 Å². The smallest absolute Gasteiger partial charge is 0.0707 e. The molecule has 13 heavy (non-hydrogen) atoms. The van der Waals surface area contributed by atoms with Crippen molar-refractivity contribution in [3.63, 3.8) is 0 Å². The monoisotopic (exact) mass is 184 g/mol. The van der Waals surface area contributed by atoms with Crippen LogP contribution in [0.1, 0.15) is 26.2 Å². The van der Waals surface area contributed by atoms with Gasteiger partial charge in [-0.3, -0.25) is 4.90 Å². The van der Waals surface area contributed by atoms with Crippen molar-refractivity contribution in [2.24, 2.45) is 5.73 Å². The number of hydrogen-bond acceptors (Lipinski definition) is 3. The fourth-order valence-corrected chi connectivity index (χ4v) is 2.31. The van der Waals surface area contributed by atoms with Gasteiger partial charge in [-0.2, -0.15) is 0 Å². The largest absolute Gasteiger partial charge is 0.372 e. The molecule has 0 radical (unpaired) electrons. The average molecular weight is 184 g/mol. The Morgan fingerprint density at radius 3 is 2.54 bits per heavy atom. The Hall–Kier alpha value is -0.120. The standard InChI is InChI=1S/C10H20N2O/c1-2-8(11)5-12-6-9-3-4-10(7-12)13-9/h8-10H,2-7,11H2,1H3. The van der Waals surface area contributed by atoms with Gasteiger partial charge >= 0.3 is 0 Å². The summed E-state index contributed by atoms with van der Waals surface area (Å²) in [5.74, 6) is 0. The molecule has 3 atom stereocenters. The molecule has 2 aliphatic heterocycles. The maximum Gasteiger partial charge on any atom is 0.0707 e. The van der Waals surface area contributed by atoms with E-state index < -0.39 is 0 Å². The summed E-state index contributed by atoms with van der Waals surface area (Å²) in [7, 11) is 0. The van der Waals surface area contributed by atoms with Gasteiger partial charge < -0.3 is 10.5 Å². The van der Waals surface area contributed by atoms with Crippen molar-refractivity contribution in [2.75, 3.05) is 19.6 Å². The number of hydrogen-bond donors (Lipinski definition) is 1. The van der Waals surface area contributed by atoms with Crippen LogP contribution in [0, 0.1) is 0 Å². The fraction of sp³-hybridized carbons (Fsp3) is 1.00. The Kier molecular flexibility index (Phi) is 2.86. The van der Waals surface area contributed by atoms with Gasteiger partial charge in [0.25, 0.3) is 0 Å². The van der Waals surface area contributed by atoms with Gasteiger partial charge in [0, 0.05) is 25.7 Å². The lowest BCUT2D eigenvalue weighted by Crippen LogP contribution is -2.47. The minimum atomic E-state index is 0.345. The summed E-state index contributed by atoms with van der Waals surface area (Å²) in [6, 6.07) is 0.345. The molecule has 0 aromatic heterocycles. The van der Waals surface area contributed by atoms with E-state index in [9.17, 15) is 0 Å². The van der Waals surface area contributed by atoms with Gasteiger partial charge in [0.1, 0.15) is 0 Å². The molecule has 3 heteroatoms. The van der Waals surface area contributed by atoms with Crippen LogP contribution in [-0.2, 0) is 4.74 Å². The first-order valence-corrected chi connectivity index (χ1v) is 5.41. The quantitative estimate of drug-likeness (QED) is 0.697. The summed E-state index contributed by atoms with van der Waals surface area (Å²) >= 11 is 0. The van der Waals surface area contributed by atoms with Gasteiger partial charge in [-0.05, 0) is 19.3 Å². The van der Waals surface area contributed by atoms with Crippen LogP contribution in [0.2, 0.25) is 0 Å². The number of morpholine rings is 1. The minimum absolute atomic E-state index is 0.345. The Labute approximate surface area is 80.2 Å². The number of nitrogens with zero attached hydrogens (tertiary/aromatic N) is 1. The Morgan fingerprint density at radius 1 is 1.38 bits per heavy atom. The van der Waals surface area contributed by atoms with Crippen LogP contribution < -0.4 is 5.73 Å². The molecule has 0 saturated carbocycles. The van der Waals surface area contributed by atoms with Crippen LogP contribution >= 0.6 is 0 Å². The summed E-state index contributed by atoms with van der Waals surface area (Å²) < 4.78 is 5.76. The van der Waals surface area contributed by atoms with Crippen molar-refractivity contribution in [1.29, 1.82) is 0 Å². The molecule has 3 unspecified atom stereocenters. The molecular weight excluding hydrogens is 164 g/mol. The van der Waals surface area contributed by atoms with Gasteiger partial charge in [-0.1, -0.05) is 6.92 Å². The summed E-state index contributed by atoms with van der Waals surface area (Å²) in [6.45, 7) is 5.40. The van der Waals surface area contributed by atoms with E-state index in [4.69, 9.17) is 10.5 Å². The third-order valence-electron chi connectivity index (χ3n) is 3.14. The van der Waals surface area contributed by atoms with Crippen LogP contribution in [-0.4, -0.2) is 42.8 Å². The van der Waals surface area contributed by atoms with Crippen molar-refractivity contribution >= 4 is 0 Å². The molecule has 2 N–H and O–H groups in total. The normalized spacial score (nSPS) is 36.5. The first-order valence-electron chi connectivity index (χ1n) is 5.41. The first-order chi connectivity index (χ1) is 6.28. The second-order valence-corrected chi connectivity index (χ2v) is 4.34. The Balaban J connectivity index is 1.81. The van der Waals surface area contributed by atoms with E-state index in [1.807, 2.05) is 0 Å². The average Bonchev–Trinajstić information content (AvgIpc) is 2.46. The number of rotatable bonds is 3. The highest BCUT2D eigenvalue weighted by Crippen LogP contribution is 2.26. The molecule has 3 nitrogen and oxygen atoms in total. The molecule has 0 aromatic carbocycles. The summed E-state index contributed by atoms with van der Waals surface area (Å²) in [4.78, 5) is 2.47. The lowest BCUT2D eigenvalue weighted by molar-refractivity contribution is -0.0397. The molecular formula is C10H20N2O. The highest BCUT2D eigenvalue weighted by Gasteiger charge is 2.33. The predicted octanol–water partition coefficient (Wildman–Crippen LogP) is 0.587. The number of ether oxygens (including phenoxy) is 1. The molecule has 0 aromatic rings. The Morgan fingerprint density at radius 2 is 2.00 bits per heavy atom. The summed E-state index contributed by atoms with van der Waals surface area (Å²) in [5.41, 5.74) is 5.93. The number of fused-ring (bicyclic) bond motifs is 2. The van der Waals surface area contributed by atoms with Gasteiger partial charge in [0.2, 0.25) is 0 Å². The van der Waals surface area contributed by atoms with E-state index in [0.29, 0.717) is 18.2 Å². The van der Waals surface area contributed by atoms with Crippen LogP contribution in [0.3, 0.4) is 0 Å². The zero-order valence-corrected chi connectivity index (χ0v) is 8.41. The molecule has 2 bridgehead atoms. The molecule has 2 heterocycles. The second-order valence-electron chi connectivity index (χ2n) is 4.34. The van der Waals surface area contributed by atoms with E-state index in [0.717, 1.165) is 26.1 Å². The van der Waals surface area contributed by atoms with E-state index in [2.05, 4.69) is 11.8 Å². The maximum atomic E-state index is 5.93. The van der Waals surface area contributed by atoms with Gasteiger partial charge in [0.05, 0.1) is 12.2 Å². The molecule has 2 saturated heterocycles. The van der Waals surface area contributed by atoms with Crippen LogP contribution in [0.5, 0.6) is 0 Å². The zero-order valence-electron chi connectivity index (χ0n) is 8.41. The Bertz CT molecular complexity index is 162. The molecule has 2 rings (SSSR count). The molecule has 76 valence electrons. The van der Waals surface area contributed by atoms with E-state index >= 15 is 0 Å². The number of nitrogens with two attached hydrogens (primary N) is 1. The van der Waals surface area contributed by atoms with Crippen molar-refractivity contribution in [2.45, 2.75) is 44.4 Å². The number of likely N-dealkylation sites (tertiary alicyclic amines) is 1. The van der Waals surface area contributed by atoms with Gasteiger partial charge in [-0.15, -0.1) is 0 Å². The zero-order chi connectivity index (χ0) is 9.26. The molecule has 2 aliphatic rings. The van der Waals surface area contributed by atoms with Crippen LogP contribution in [0.4, 0.5) is 0 Å². The third-order valence-corrected chi connectivity index (χ3v) is 3.14. The molecule has 2 fully saturated rings. The van der Waals surface area contributed by atoms with E-state index in [-0.39, 0.29) is 0 Å². The lowest BCUT2D eigenvalue weighted by atomic mass is 10.2.